The maximum absolute atomic E-state index is 6.03. The number of aliphatic imine (C=N–C) groups is 1. The van der Waals surface area contributed by atoms with Crippen molar-refractivity contribution in [2.45, 2.75) is 70.9 Å². The molecule has 0 amide bonds. The third kappa shape index (κ3) is 6.19. The van der Waals surface area contributed by atoms with Crippen molar-refractivity contribution in [2.24, 2.45) is 16.3 Å². The van der Waals surface area contributed by atoms with Gasteiger partial charge in [0.25, 0.3) is 0 Å². The number of nitrogens with zero attached hydrogens (tertiary/aromatic N) is 1. The Kier molecular flexibility index (Phi) is 10.8. The Morgan fingerprint density at radius 3 is 2.75 bits per heavy atom. The molecule has 3 unspecified atom stereocenters. The molecule has 6 nitrogen and oxygen atoms in total. The molecule has 0 aromatic carbocycles. The fourth-order valence-electron chi connectivity index (χ4n) is 4.90. The normalized spacial score (nSPS) is 28.8. The lowest BCUT2D eigenvalue weighted by atomic mass is 9.60. The molecule has 1 aliphatic heterocycles. The fraction of sp³-hybridized carbons (Fsp3) is 0.952. The van der Waals surface area contributed by atoms with E-state index in [9.17, 15) is 0 Å². The molecule has 0 aromatic rings. The molecule has 3 atom stereocenters. The van der Waals surface area contributed by atoms with Crippen LogP contribution in [0.4, 0.5) is 0 Å². The second-order valence-electron chi connectivity index (χ2n) is 8.24. The van der Waals surface area contributed by atoms with Crippen molar-refractivity contribution < 1.29 is 14.2 Å². The minimum absolute atomic E-state index is 0. The maximum atomic E-state index is 6.03. The molecule has 2 saturated carbocycles. The number of ether oxygens (including phenoxy) is 3. The Balaban J connectivity index is 0.00000280. The highest BCUT2D eigenvalue weighted by Crippen LogP contribution is 2.54. The quantitative estimate of drug-likeness (QED) is 0.205. The van der Waals surface area contributed by atoms with E-state index in [1.54, 1.807) is 0 Å². The Bertz CT molecular complexity index is 466. The van der Waals surface area contributed by atoms with Crippen LogP contribution in [-0.4, -0.2) is 64.2 Å². The average Bonchev–Trinajstić information content (AvgIpc) is 3.36. The Morgan fingerprint density at radius 1 is 1.25 bits per heavy atom. The van der Waals surface area contributed by atoms with Crippen LogP contribution in [0.5, 0.6) is 0 Å². The summed E-state index contributed by atoms with van der Waals surface area (Å²) in [4.78, 5) is 4.78. The summed E-state index contributed by atoms with van der Waals surface area (Å²) in [5, 5.41) is 7.12. The molecule has 3 rings (SSSR count). The van der Waals surface area contributed by atoms with Gasteiger partial charge in [-0.05, 0) is 46.0 Å². The zero-order chi connectivity index (χ0) is 19.0. The molecule has 28 heavy (non-hydrogen) atoms. The number of nitrogens with one attached hydrogen (secondary N) is 2. The summed E-state index contributed by atoms with van der Waals surface area (Å²) in [5.74, 6) is 1.54. The summed E-state index contributed by atoms with van der Waals surface area (Å²) < 4.78 is 17.2. The van der Waals surface area contributed by atoms with Crippen LogP contribution >= 0.6 is 24.0 Å². The summed E-state index contributed by atoms with van der Waals surface area (Å²) in [6, 6.07) is 0.493. The molecule has 3 fully saturated rings. The van der Waals surface area contributed by atoms with Crippen LogP contribution in [-0.2, 0) is 14.2 Å². The zero-order valence-corrected chi connectivity index (χ0v) is 20.0. The van der Waals surface area contributed by atoms with Crippen LogP contribution in [0.15, 0.2) is 4.99 Å². The molecule has 2 aliphatic carbocycles. The Morgan fingerprint density at radius 2 is 2.07 bits per heavy atom. The molecule has 7 heteroatoms. The molecule has 1 saturated heterocycles. The van der Waals surface area contributed by atoms with E-state index < -0.39 is 0 Å². The van der Waals surface area contributed by atoms with Gasteiger partial charge in [-0.1, -0.05) is 12.8 Å². The van der Waals surface area contributed by atoms with Gasteiger partial charge in [-0.3, -0.25) is 4.99 Å². The smallest absolute Gasteiger partial charge is 0.191 e. The molecule has 0 aromatic heterocycles. The van der Waals surface area contributed by atoms with E-state index in [-0.39, 0.29) is 24.0 Å². The van der Waals surface area contributed by atoms with Crippen molar-refractivity contribution in [3.63, 3.8) is 0 Å². The number of hydrogen-bond acceptors (Lipinski definition) is 4. The van der Waals surface area contributed by atoms with Gasteiger partial charge in [0.15, 0.2) is 5.96 Å². The fourth-order valence-corrected chi connectivity index (χ4v) is 4.90. The first kappa shape index (κ1) is 24.2. The summed E-state index contributed by atoms with van der Waals surface area (Å²) in [6.45, 7) is 10.1. The minimum atomic E-state index is 0. The van der Waals surface area contributed by atoms with Crippen molar-refractivity contribution in [1.29, 1.82) is 0 Å². The molecular formula is C21H40IN3O3. The van der Waals surface area contributed by atoms with Crippen LogP contribution in [0, 0.1) is 11.3 Å². The third-order valence-corrected chi connectivity index (χ3v) is 6.44. The molecule has 0 bridgehead atoms. The number of hydrogen-bond donors (Lipinski definition) is 2. The average molecular weight is 509 g/mol. The summed E-state index contributed by atoms with van der Waals surface area (Å²) >= 11 is 0. The highest BCUT2D eigenvalue weighted by molar-refractivity contribution is 14.0. The van der Waals surface area contributed by atoms with E-state index in [4.69, 9.17) is 19.2 Å². The second kappa shape index (κ2) is 12.5. The second-order valence-corrected chi connectivity index (χ2v) is 8.24. The Hall–Kier alpha value is -0.120. The lowest BCUT2D eigenvalue weighted by Gasteiger charge is -2.54. The van der Waals surface area contributed by atoms with Crippen LogP contribution in [0.1, 0.15) is 58.8 Å². The van der Waals surface area contributed by atoms with Gasteiger partial charge in [-0.15, -0.1) is 24.0 Å². The summed E-state index contributed by atoms with van der Waals surface area (Å²) in [7, 11) is 0. The molecule has 0 radical (unpaired) electrons. The van der Waals surface area contributed by atoms with Crippen molar-refractivity contribution in [2.75, 3.05) is 46.1 Å². The highest BCUT2D eigenvalue weighted by Gasteiger charge is 2.56. The first-order valence-electron chi connectivity index (χ1n) is 11.1. The summed E-state index contributed by atoms with van der Waals surface area (Å²) in [5.41, 5.74) is 0.332. The molecule has 1 heterocycles. The van der Waals surface area contributed by atoms with E-state index in [1.165, 1.54) is 25.7 Å². The van der Waals surface area contributed by atoms with Crippen molar-refractivity contribution in [1.82, 2.24) is 10.6 Å². The number of rotatable bonds is 10. The van der Waals surface area contributed by atoms with Gasteiger partial charge < -0.3 is 24.8 Å². The van der Waals surface area contributed by atoms with E-state index in [0.717, 1.165) is 71.3 Å². The third-order valence-electron chi connectivity index (χ3n) is 6.44. The van der Waals surface area contributed by atoms with Gasteiger partial charge >= 0.3 is 0 Å². The van der Waals surface area contributed by atoms with Gasteiger partial charge in [-0.25, -0.2) is 0 Å². The standard InChI is InChI=1S/C21H39N3O3.HI/c1-3-22-20(23-11-7-12-25-15-17-8-13-26-16-17)24-18-14-19(27-4-2)21(18)9-5-6-10-21;/h17-19H,3-16H2,1-2H3,(H2,22,23,24);1H. The lowest BCUT2D eigenvalue weighted by Crippen LogP contribution is -2.65. The van der Waals surface area contributed by atoms with Gasteiger partial charge in [-0.2, -0.15) is 0 Å². The van der Waals surface area contributed by atoms with Crippen LogP contribution in [0.2, 0.25) is 0 Å². The first-order valence-corrected chi connectivity index (χ1v) is 11.1. The van der Waals surface area contributed by atoms with E-state index in [1.807, 2.05) is 0 Å². The molecule has 1 spiro atoms. The van der Waals surface area contributed by atoms with E-state index >= 15 is 0 Å². The first-order chi connectivity index (χ1) is 13.3. The van der Waals surface area contributed by atoms with Crippen LogP contribution in [0.25, 0.3) is 0 Å². The van der Waals surface area contributed by atoms with Crippen molar-refractivity contribution in [3.05, 3.63) is 0 Å². The molecule has 3 aliphatic rings. The largest absolute Gasteiger partial charge is 0.381 e. The highest BCUT2D eigenvalue weighted by atomic mass is 127. The Labute approximate surface area is 188 Å². The summed E-state index contributed by atoms with van der Waals surface area (Å²) in [6.07, 6.45) is 8.86. The van der Waals surface area contributed by atoms with E-state index in [2.05, 4.69) is 24.5 Å². The van der Waals surface area contributed by atoms with Crippen molar-refractivity contribution >= 4 is 29.9 Å². The predicted molar refractivity (Wildman–Crippen MR) is 124 cm³/mol. The number of halogens is 1. The van der Waals surface area contributed by atoms with Crippen molar-refractivity contribution in [3.8, 4) is 0 Å². The van der Waals surface area contributed by atoms with E-state index in [0.29, 0.717) is 23.5 Å². The molecular weight excluding hydrogens is 469 g/mol. The van der Waals surface area contributed by atoms with Gasteiger partial charge in [0, 0.05) is 50.3 Å². The minimum Gasteiger partial charge on any atom is -0.381 e. The monoisotopic (exact) mass is 509 g/mol. The SMILES string of the molecule is CCNC(=NCCCOCC1CCOC1)NC1CC(OCC)C12CCCC2.I. The maximum Gasteiger partial charge on any atom is 0.191 e. The predicted octanol–water partition coefficient (Wildman–Crippen LogP) is 3.34. The van der Waals surface area contributed by atoms with Gasteiger partial charge in [0.2, 0.25) is 0 Å². The molecule has 2 N–H and O–H groups in total. The lowest BCUT2D eigenvalue weighted by molar-refractivity contribution is -0.125. The number of guanidine groups is 1. The van der Waals surface area contributed by atoms with Gasteiger partial charge in [0.05, 0.1) is 19.3 Å². The zero-order valence-electron chi connectivity index (χ0n) is 17.7. The van der Waals surface area contributed by atoms with Crippen LogP contribution in [0.3, 0.4) is 0 Å². The van der Waals surface area contributed by atoms with Crippen LogP contribution < -0.4 is 10.6 Å². The topological polar surface area (TPSA) is 64.1 Å². The van der Waals surface area contributed by atoms with Gasteiger partial charge in [0.1, 0.15) is 0 Å². The molecule has 164 valence electrons.